The predicted octanol–water partition coefficient (Wildman–Crippen LogP) is 3.28. The van der Waals surface area contributed by atoms with Gasteiger partial charge in [0.2, 0.25) is 0 Å². The third-order valence-electron chi connectivity index (χ3n) is 1.38. The van der Waals surface area contributed by atoms with Gasteiger partial charge in [0.1, 0.15) is 0 Å². The van der Waals surface area contributed by atoms with Crippen LogP contribution in [-0.4, -0.2) is 13.2 Å². The van der Waals surface area contributed by atoms with Gasteiger partial charge in [0.15, 0.2) is 0 Å². The molecular formula is C8H7BrClNO2. The topological polar surface area (TPSA) is 38.3 Å². The van der Waals surface area contributed by atoms with E-state index in [9.17, 15) is 4.79 Å². The van der Waals surface area contributed by atoms with Gasteiger partial charge in [-0.2, -0.15) is 0 Å². The summed E-state index contributed by atoms with van der Waals surface area (Å²) >= 11 is 9.08. The summed E-state index contributed by atoms with van der Waals surface area (Å²) in [6.45, 7) is 0. The largest absolute Gasteiger partial charge is 0.453 e. The van der Waals surface area contributed by atoms with E-state index in [1.54, 1.807) is 18.2 Å². The molecule has 1 N–H and O–H groups in total. The first-order chi connectivity index (χ1) is 6.15. The smallest absolute Gasteiger partial charge is 0.411 e. The van der Waals surface area contributed by atoms with Gasteiger partial charge in [-0.3, -0.25) is 5.32 Å². The number of anilines is 1. The van der Waals surface area contributed by atoms with E-state index in [1.807, 2.05) is 0 Å². The molecule has 0 saturated carbocycles. The minimum Gasteiger partial charge on any atom is -0.453 e. The fourth-order valence-electron chi connectivity index (χ4n) is 0.770. The number of hydrogen-bond donors (Lipinski definition) is 1. The highest BCUT2D eigenvalue weighted by molar-refractivity contribution is 9.10. The number of amides is 1. The molecule has 0 heterocycles. The number of halogens is 2. The second-order valence-electron chi connectivity index (χ2n) is 2.21. The van der Waals surface area contributed by atoms with E-state index in [0.717, 1.165) is 0 Å². The van der Waals surface area contributed by atoms with Gasteiger partial charge < -0.3 is 4.74 Å². The number of benzene rings is 1. The SMILES string of the molecule is COC(=O)Nc1c(Cl)cccc1Br. The van der Waals surface area contributed by atoms with E-state index in [2.05, 4.69) is 26.0 Å². The van der Waals surface area contributed by atoms with Crippen LogP contribution in [0.3, 0.4) is 0 Å². The first-order valence-corrected chi connectivity index (χ1v) is 4.61. The quantitative estimate of drug-likeness (QED) is 0.845. The molecule has 1 aromatic rings. The predicted molar refractivity (Wildman–Crippen MR) is 55.2 cm³/mol. The Bertz CT molecular complexity index is 310. The lowest BCUT2D eigenvalue weighted by molar-refractivity contribution is 0.187. The highest BCUT2D eigenvalue weighted by Crippen LogP contribution is 2.29. The molecule has 0 bridgehead atoms. The summed E-state index contributed by atoms with van der Waals surface area (Å²) in [4.78, 5) is 10.9. The van der Waals surface area contributed by atoms with Crippen LogP contribution in [0.25, 0.3) is 0 Å². The molecule has 0 spiro atoms. The number of rotatable bonds is 1. The van der Waals surface area contributed by atoms with E-state index in [-0.39, 0.29) is 0 Å². The average Bonchev–Trinajstić information content (AvgIpc) is 2.11. The van der Waals surface area contributed by atoms with Gasteiger partial charge in [-0.15, -0.1) is 0 Å². The molecule has 0 fully saturated rings. The van der Waals surface area contributed by atoms with Gasteiger partial charge in [-0.25, -0.2) is 4.79 Å². The molecule has 1 aromatic carbocycles. The molecule has 0 aliphatic rings. The third-order valence-corrected chi connectivity index (χ3v) is 2.35. The van der Waals surface area contributed by atoms with Gasteiger partial charge in [-0.05, 0) is 28.1 Å². The van der Waals surface area contributed by atoms with E-state index in [1.165, 1.54) is 7.11 Å². The molecule has 70 valence electrons. The van der Waals surface area contributed by atoms with Crippen molar-refractivity contribution in [3.63, 3.8) is 0 Å². The highest BCUT2D eigenvalue weighted by atomic mass is 79.9. The van der Waals surface area contributed by atoms with Crippen molar-refractivity contribution in [2.75, 3.05) is 12.4 Å². The maximum Gasteiger partial charge on any atom is 0.411 e. The third kappa shape index (κ3) is 2.60. The molecule has 1 rings (SSSR count). The Labute approximate surface area is 89.2 Å². The molecule has 0 aliphatic heterocycles. The van der Waals surface area contributed by atoms with Crippen molar-refractivity contribution in [1.29, 1.82) is 0 Å². The zero-order chi connectivity index (χ0) is 9.84. The first-order valence-electron chi connectivity index (χ1n) is 3.44. The lowest BCUT2D eigenvalue weighted by Crippen LogP contribution is -2.11. The Morgan fingerprint density at radius 1 is 1.62 bits per heavy atom. The van der Waals surface area contributed by atoms with Gasteiger partial charge in [0, 0.05) is 4.47 Å². The zero-order valence-electron chi connectivity index (χ0n) is 6.80. The number of methoxy groups -OCH3 is 1. The second kappa shape index (κ2) is 4.48. The molecule has 3 nitrogen and oxygen atoms in total. The zero-order valence-corrected chi connectivity index (χ0v) is 9.15. The Hall–Kier alpha value is -0.740. The molecule has 1 amide bonds. The fraction of sp³-hybridized carbons (Fsp3) is 0.125. The van der Waals surface area contributed by atoms with E-state index >= 15 is 0 Å². The molecule has 0 radical (unpaired) electrons. The van der Waals surface area contributed by atoms with Gasteiger partial charge >= 0.3 is 6.09 Å². The Morgan fingerprint density at radius 2 is 2.31 bits per heavy atom. The molecule has 0 aromatic heterocycles. The molecule has 0 aliphatic carbocycles. The van der Waals surface area contributed by atoms with Crippen molar-refractivity contribution >= 4 is 39.3 Å². The summed E-state index contributed by atoms with van der Waals surface area (Å²) in [5.74, 6) is 0. The van der Waals surface area contributed by atoms with Crippen LogP contribution in [0, 0.1) is 0 Å². The molecule has 13 heavy (non-hydrogen) atoms. The monoisotopic (exact) mass is 263 g/mol. The summed E-state index contributed by atoms with van der Waals surface area (Å²) in [6, 6.07) is 5.23. The maximum atomic E-state index is 10.9. The van der Waals surface area contributed by atoms with Crippen LogP contribution in [0.5, 0.6) is 0 Å². The van der Waals surface area contributed by atoms with Gasteiger partial charge in [-0.1, -0.05) is 17.7 Å². The van der Waals surface area contributed by atoms with Crippen molar-refractivity contribution in [2.24, 2.45) is 0 Å². The fourth-order valence-corrected chi connectivity index (χ4v) is 1.57. The van der Waals surface area contributed by atoms with E-state index < -0.39 is 6.09 Å². The van der Waals surface area contributed by atoms with Gasteiger partial charge in [0.25, 0.3) is 0 Å². The molecule has 5 heteroatoms. The molecule has 0 unspecified atom stereocenters. The maximum absolute atomic E-state index is 10.9. The number of carbonyl (C=O) groups excluding carboxylic acids is 1. The first kappa shape index (κ1) is 10.3. The number of para-hydroxylation sites is 1. The molecular weight excluding hydrogens is 257 g/mol. The van der Waals surface area contributed by atoms with Crippen LogP contribution in [0.15, 0.2) is 22.7 Å². The van der Waals surface area contributed by atoms with E-state index in [4.69, 9.17) is 11.6 Å². The van der Waals surface area contributed by atoms with Crippen LogP contribution in [0.1, 0.15) is 0 Å². The number of hydrogen-bond acceptors (Lipinski definition) is 2. The number of ether oxygens (including phenoxy) is 1. The second-order valence-corrected chi connectivity index (χ2v) is 3.47. The van der Waals surface area contributed by atoms with Crippen LogP contribution in [-0.2, 0) is 4.74 Å². The summed E-state index contributed by atoms with van der Waals surface area (Å²) < 4.78 is 5.15. The summed E-state index contributed by atoms with van der Waals surface area (Å²) in [6.07, 6.45) is -0.547. The van der Waals surface area contributed by atoms with Crippen molar-refractivity contribution < 1.29 is 9.53 Å². The summed E-state index contributed by atoms with van der Waals surface area (Å²) in [5, 5.41) is 2.95. The average molecular weight is 265 g/mol. The minimum atomic E-state index is -0.547. The van der Waals surface area contributed by atoms with Crippen molar-refractivity contribution in [3.8, 4) is 0 Å². The lowest BCUT2D eigenvalue weighted by Gasteiger charge is -2.07. The van der Waals surface area contributed by atoms with Crippen LogP contribution in [0.4, 0.5) is 10.5 Å². The number of carbonyl (C=O) groups is 1. The van der Waals surface area contributed by atoms with Crippen LogP contribution in [0.2, 0.25) is 5.02 Å². The van der Waals surface area contributed by atoms with Crippen molar-refractivity contribution in [3.05, 3.63) is 27.7 Å². The lowest BCUT2D eigenvalue weighted by atomic mass is 10.3. The van der Waals surface area contributed by atoms with E-state index in [0.29, 0.717) is 15.2 Å². The van der Waals surface area contributed by atoms with Crippen molar-refractivity contribution in [1.82, 2.24) is 0 Å². The normalized spacial score (nSPS) is 9.46. The highest BCUT2D eigenvalue weighted by Gasteiger charge is 2.07. The summed E-state index contributed by atoms with van der Waals surface area (Å²) in [7, 11) is 1.29. The Balaban J connectivity index is 2.93. The Morgan fingerprint density at radius 3 is 2.85 bits per heavy atom. The molecule has 0 atom stereocenters. The number of nitrogens with one attached hydrogen (secondary N) is 1. The van der Waals surface area contributed by atoms with Crippen molar-refractivity contribution in [2.45, 2.75) is 0 Å². The minimum absolute atomic E-state index is 0.458. The van der Waals surface area contributed by atoms with Gasteiger partial charge in [0.05, 0.1) is 17.8 Å². The molecule has 0 saturated heterocycles. The Kier molecular flexibility index (Phi) is 3.57. The van der Waals surface area contributed by atoms with Crippen LogP contribution >= 0.6 is 27.5 Å². The summed E-state index contributed by atoms with van der Waals surface area (Å²) in [5.41, 5.74) is 0.510. The standard InChI is InChI=1S/C8H7BrClNO2/c1-13-8(12)11-7-5(9)3-2-4-6(7)10/h2-4H,1H3,(H,11,12). The van der Waals surface area contributed by atoms with Crippen LogP contribution < -0.4 is 5.32 Å².